The molecule has 0 fully saturated rings. The van der Waals surface area contributed by atoms with Crippen LogP contribution >= 0.6 is 0 Å². The van der Waals surface area contributed by atoms with Gasteiger partial charge in [0.2, 0.25) is 0 Å². The summed E-state index contributed by atoms with van der Waals surface area (Å²) in [4.78, 5) is 21.0. The first-order valence-electron chi connectivity index (χ1n) is 4.66. The molecule has 1 atom stereocenters. The molecule has 4 N–H and O–H groups in total. The summed E-state index contributed by atoms with van der Waals surface area (Å²) >= 11 is 0. The molecule has 0 radical (unpaired) electrons. The Labute approximate surface area is 92.0 Å². The van der Waals surface area contributed by atoms with E-state index in [1.807, 2.05) is 0 Å². The Balaban J connectivity index is 2.82. The number of carbonyl (C=O) groups is 2. The van der Waals surface area contributed by atoms with Crippen LogP contribution in [0.25, 0.3) is 0 Å². The maximum atomic E-state index is 10.6. The Morgan fingerprint density at radius 2 is 2.12 bits per heavy atom. The van der Waals surface area contributed by atoms with Crippen molar-refractivity contribution in [1.82, 2.24) is 0 Å². The van der Waals surface area contributed by atoms with Gasteiger partial charge in [-0.05, 0) is 12.2 Å². The molecule has 0 amide bonds. The molecule has 0 heterocycles. The molecule has 1 aliphatic rings. The Morgan fingerprint density at radius 3 is 2.56 bits per heavy atom. The molecule has 88 valence electrons. The summed E-state index contributed by atoms with van der Waals surface area (Å²) in [5.74, 6) is -1.18. The highest BCUT2D eigenvalue weighted by Gasteiger charge is 2.33. The van der Waals surface area contributed by atoms with Crippen molar-refractivity contribution in [2.75, 3.05) is 0 Å². The lowest BCUT2D eigenvalue weighted by atomic mass is 9.90. The molecule has 6 nitrogen and oxygen atoms in total. The van der Waals surface area contributed by atoms with Crippen LogP contribution in [0.1, 0.15) is 6.42 Å². The third-order valence-electron chi connectivity index (χ3n) is 2.27. The predicted molar refractivity (Wildman–Crippen MR) is 54.4 cm³/mol. The van der Waals surface area contributed by atoms with E-state index in [4.69, 9.17) is 15.6 Å². The molecule has 6 heteroatoms. The zero-order valence-electron chi connectivity index (χ0n) is 8.45. The Hall–Kier alpha value is -1.66. The summed E-state index contributed by atoms with van der Waals surface area (Å²) in [6, 6.07) is -1.15. The number of ether oxygens (including phenoxy) is 1. The van der Waals surface area contributed by atoms with Crippen LogP contribution in [0.3, 0.4) is 0 Å². The molecule has 0 aromatic carbocycles. The molecule has 0 aromatic rings. The largest absolute Gasteiger partial charge is 0.480 e. The molecular weight excluding hydrogens is 214 g/mol. The molecule has 0 aliphatic heterocycles. The van der Waals surface area contributed by atoms with Gasteiger partial charge in [-0.1, -0.05) is 12.2 Å². The first-order valence-corrected chi connectivity index (χ1v) is 4.66. The number of aliphatic carboxylic acids is 1. The fraction of sp³-hybridized carbons (Fsp3) is 0.400. The van der Waals surface area contributed by atoms with Crippen molar-refractivity contribution in [3.05, 3.63) is 24.3 Å². The van der Waals surface area contributed by atoms with E-state index in [0.717, 1.165) is 0 Å². The molecule has 0 bridgehead atoms. The van der Waals surface area contributed by atoms with Crippen molar-refractivity contribution in [2.45, 2.75) is 24.2 Å². The van der Waals surface area contributed by atoms with E-state index < -0.39 is 23.7 Å². The first-order chi connectivity index (χ1) is 7.49. The molecular formula is C10H13NO5. The number of carbonyl (C=O) groups excluding carboxylic acids is 1. The smallest absolute Gasteiger partial charge is 0.320 e. The first kappa shape index (κ1) is 12.4. The molecule has 1 aliphatic carbocycles. The lowest BCUT2D eigenvalue weighted by molar-refractivity contribution is -0.143. The average Bonchev–Trinajstić information content (AvgIpc) is 2.23. The Kier molecular flexibility index (Phi) is 3.81. The monoisotopic (exact) mass is 227 g/mol. The van der Waals surface area contributed by atoms with Crippen LogP contribution in [0.15, 0.2) is 24.3 Å². The summed E-state index contributed by atoms with van der Waals surface area (Å²) in [5, 5.41) is 17.9. The second-order valence-corrected chi connectivity index (χ2v) is 3.53. The second-order valence-electron chi connectivity index (χ2n) is 3.53. The Morgan fingerprint density at radius 1 is 1.56 bits per heavy atom. The number of aliphatic hydroxyl groups excluding tert-OH is 1. The van der Waals surface area contributed by atoms with E-state index in [-0.39, 0.29) is 12.9 Å². The molecule has 0 aromatic heterocycles. The van der Waals surface area contributed by atoms with Crippen LogP contribution in [0.5, 0.6) is 0 Å². The van der Waals surface area contributed by atoms with E-state index in [2.05, 4.69) is 0 Å². The highest BCUT2D eigenvalue weighted by molar-refractivity contribution is 5.73. The number of carboxylic acid groups (broad SMARTS) is 1. The van der Waals surface area contributed by atoms with E-state index in [1.165, 1.54) is 24.3 Å². The lowest BCUT2D eigenvalue weighted by Gasteiger charge is -2.29. The fourth-order valence-corrected chi connectivity index (χ4v) is 1.43. The summed E-state index contributed by atoms with van der Waals surface area (Å²) in [6.45, 7) is 0.223. The molecule has 0 saturated carbocycles. The van der Waals surface area contributed by atoms with Crippen LogP contribution in [-0.4, -0.2) is 40.4 Å². The minimum Gasteiger partial charge on any atom is -0.480 e. The van der Waals surface area contributed by atoms with Crippen LogP contribution in [0.4, 0.5) is 0 Å². The predicted octanol–water partition coefficient (Wildman–Crippen LogP) is -0.813. The topological polar surface area (TPSA) is 110 Å². The summed E-state index contributed by atoms with van der Waals surface area (Å²) in [5.41, 5.74) is 4.19. The quantitative estimate of drug-likeness (QED) is 0.418. The highest BCUT2D eigenvalue weighted by atomic mass is 16.5. The molecule has 16 heavy (non-hydrogen) atoms. The molecule has 0 saturated heterocycles. The minimum atomic E-state index is -1.18. The van der Waals surface area contributed by atoms with Gasteiger partial charge in [0.25, 0.3) is 6.47 Å². The van der Waals surface area contributed by atoms with Crippen molar-refractivity contribution in [3.63, 3.8) is 0 Å². The van der Waals surface area contributed by atoms with E-state index in [0.29, 0.717) is 0 Å². The maximum absolute atomic E-state index is 10.6. The summed E-state index contributed by atoms with van der Waals surface area (Å²) in [6.07, 6.45) is 4.81. The number of rotatable bonds is 5. The van der Waals surface area contributed by atoms with Crippen molar-refractivity contribution in [3.8, 4) is 0 Å². The van der Waals surface area contributed by atoms with E-state index >= 15 is 0 Å². The van der Waals surface area contributed by atoms with Gasteiger partial charge in [-0.2, -0.15) is 0 Å². The van der Waals surface area contributed by atoms with Crippen molar-refractivity contribution >= 4 is 12.4 Å². The van der Waals surface area contributed by atoms with Gasteiger partial charge in [0.15, 0.2) is 5.60 Å². The van der Waals surface area contributed by atoms with Crippen molar-refractivity contribution < 1.29 is 24.5 Å². The standard InChI is InChI=1S/C10H13NO5/c11-8(9(14)15)5-10(16-6-12)3-1-7(13)2-4-10/h1-4,6-8,13H,5,11H2,(H,14,15). The van der Waals surface area contributed by atoms with Gasteiger partial charge in [-0.15, -0.1) is 0 Å². The Bertz CT molecular complexity index is 322. The zero-order chi connectivity index (χ0) is 12.2. The average molecular weight is 227 g/mol. The van der Waals surface area contributed by atoms with E-state index in [9.17, 15) is 14.7 Å². The van der Waals surface area contributed by atoms with Crippen LogP contribution in [0, 0.1) is 0 Å². The third kappa shape index (κ3) is 2.91. The number of hydrogen-bond donors (Lipinski definition) is 3. The minimum absolute atomic E-state index is 0.0825. The molecule has 1 unspecified atom stereocenters. The van der Waals surface area contributed by atoms with Crippen molar-refractivity contribution in [2.24, 2.45) is 5.73 Å². The van der Waals surface area contributed by atoms with E-state index in [1.54, 1.807) is 0 Å². The van der Waals surface area contributed by atoms with Gasteiger partial charge in [0, 0.05) is 6.42 Å². The number of hydrogen-bond acceptors (Lipinski definition) is 5. The molecule has 0 spiro atoms. The van der Waals surface area contributed by atoms with Gasteiger partial charge < -0.3 is 20.7 Å². The van der Waals surface area contributed by atoms with Crippen LogP contribution in [0.2, 0.25) is 0 Å². The number of carboxylic acids is 1. The zero-order valence-corrected chi connectivity index (χ0v) is 8.45. The van der Waals surface area contributed by atoms with Crippen molar-refractivity contribution in [1.29, 1.82) is 0 Å². The van der Waals surface area contributed by atoms with Gasteiger partial charge in [0.1, 0.15) is 6.04 Å². The number of aliphatic hydroxyl groups is 1. The van der Waals surface area contributed by atoms with Gasteiger partial charge in [0.05, 0.1) is 6.10 Å². The van der Waals surface area contributed by atoms with Gasteiger partial charge >= 0.3 is 5.97 Å². The summed E-state index contributed by atoms with van der Waals surface area (Å²) in [7, 11) is 0. The number of nitrogens with two attached hydrogens (primary N) is 1. The fourth-order valence-electron chi connectivity index (χ4n) is 1.43. The third-order valence-corrected chi connectivity index (χ3v) is 2.27. The maximum Gasteiger partial charge on any atom is 0.320 e. The van der Waals surface area contributed by atoms with Gasteiger partial charge in [-0.25, -0.2) is 0 Å². The van der Waals surface area contributed by atoms with Gasteiger partial charge in [-0.3, -0.25) is 9.59 Å². The highest BCUT2D eigenvalue weighted by Crippen LogP contribution is 2.24. The van der Waals surface area contributed by atoms with Crippen LogP contribution < -0.4 is 5.73 Å². The van der Waals surface area contributed by atoms with Crippen LogP contribution in [-0.2, 0) is 14.3 Å². The molecule has 1 rings (SSSR count). The SMILES string of the molecule is NC(CC1(OC=O)C=CC(O)C=C1)C(=O)O. The second kappa shape index (κ2) is 4.91. The lowest BCUT2D eigenvalue weighted by Crippen LogP contribution is -2.41. The summed E-state index contributed by atoms with van der Waals surface area (Å²) < 4.78 is 4.83. The normalized spacial score (nSPS) is 29.8.